The molecule has 0 amide bonds. The van der Waals surface area contributed by atoms with Gasteiger partial charge < -0.3 is 9.30 Å². The molecule has 6 nitrogen and oxygen atoms in total. The third-order valence-corrected chi connectivity index (χ3v) is 4.34. The smallest absolute Gasteiger partial charge is 0.250 e. The van der Waals surface area contributed by atoms with Crippen LogP contribution >= 0.6 is 0 Å². The number of pyridine rings is 1. The van der Waals surface area contributed by atoms with Gasteiger partial charge in [-0.3, -0.25) is 9.52 Å². The topological polar surface area (TPSA) is 77.4 Å². The van der Waals surface area contributed by atoms with E-state index in [1.54, 1.807) is 43.6 Å². The molecule has 3 aromatic rings. The standard InChI is InChI=1S/C19H17FN2O4S/c1-22-12-13(7-10-19(22)23)15-11-14(21-27(2,24)25)8-9-17(15)26-18-6-4-3-5-16(18)20/h3-12,21H,1-2H3. The molecule has 1 N–H and O–H groups in total. The van der Waals surface area contributed by atoms with Crippen molar-refractivity contribution in [1.82, 2.24) is 4.57 Å². The molecular formula is C19H17FN2O4S. The van der Waals surface area contributed by atoms with Gasteiger partial charge >= 0.3 is 0 Å². The van der Waals surface area contributed by atoms with Crippen LogP contribution < -0.4 is 15.0 Å². The lowest BCUT2D eigenvalue weighted by Crippen LogP contribution is -2.14. The molecule has 1 aromatic heterocycles. The largest absolute Gasteiger partial charge is 0.454 e. The van der Waals surface area contributed by atoms with Crippen molar-refractivity contribution in [1.29, 1.82) is 0 Å². The zero-order valence-electron chi connectivity index (χ0n) is 14.6. The van der Waals surface area contributed by atoms with Crippen molar-refractivity contribution in [3.05, 3.63) is 77.0 Å². The Morgan fingerprint density at radius 2 is 1.78 bits per heavy atom. The summed E-state index contributed by atoms with van der Waals surface area (Å²) < 4.78 is 46.5. The summed E-state index contributed by atoms with van der Waals surface area (Å²) in [6.07, 6.45) is 2.64. The minimum absolute atomic E-state index is 0.0346. The number of hydrogen-bond donors (Lipinski definition) is 1. The minimum atomic E-state index is -3.48. The van der Waals surface area contributed by atoms with Crippen molar-refractivity contribution >= 4 is 15.7 Å². The van der Waals surface area contributed by atoms with Gasteiger partial charge in [-0.05, 0) is 36.4 Å². The van der Waals surface area contributed by atoms with Crippen molar-refractivity contribution < 1.29 is 17.5 Å². The van der Waals surface area contributed by atoms with Crippen LogP contribution in [0.2, 0.25) is 0 Å². The first-order valence-corrected chi connectivity index (χ1v) is 9.83. The average molecular weight is 388 g/mol. The summed E-state index contributed by atoms with van der Waals surface area (Å²) >= 11 is 0. The number of nitrogens with one attached hydrogen (secondary N) is 1. The van der Waals surface area contributed by atoms with E-state index < -0.39 is 15.8 Å². The number of halogens is 1. The Morgan fingerprint density at radius 1 is 1.04 bits per heavy atom. The molecule has 0 spiro atoms. The van der Waals surface area contributed by atoms with Crippen molar-refractivity contribution in [3.8, 4) is 22.6 Å². The number of para-hydroxylation sites is 1. The Balaban J connectivity index is 2.12. The fraction of sp³-hybridized carbons (Fsp3) is 0.105. The maximum Gasteiger partial charge on any atom is 0.250 e. The van der Waals surface area contributed by atoms with Gasteiger partial charge in [-0.15, -0.1) is 0 Å². The van der Waals surface area contributed by atoms with Gasteiger partial charge in [0, 0.05) is 36.1 Å². The molecule has 0 unspecified atom stereocenters. The van der Waals surface area contributed by atoms with Crippen LogP contribution in [0.15, 0.2) is 65.6 Å². The van der Waals surface area contributed by atoms with E-state index >= 15 is 0 Å². The Morgan fingerprint density at radius 3 is 2.44 bits per heavy atom. The fourth-order valence-corrected chi connectivity index (χ4v) is 3.08. The zero-order valence-corrected chi connectivity index (χ0v) is 15.5. The van der Waals surface area contributed by atoms with E-state index in [1.807, 2.05) is 0 Å². The second-order valence-corrected chi connectivity index (χ2v) is 7.73. The van der Waals surface area contributed by atoms with Gasteiger partial charge in [0.2, 0.25) is 15.6 Å². The number of nitrogens with zero attached hydrogens (tertiary/aromatic N) is 1. The van der Waals surface area contributed by atoms with Crippen molar-refractivity contribution in [3.63, 3.8) is 0 Å². The molecular weight excluding hydrogens is 371 g/mol. The Labute approximate surface area is 155 Å². The highest BCUT2D eigenvalue weighted by atomic mass is 32.2. The number of rotatable bonds is 5. The normalized spacial score (nSPS) is 11.2. The maximum absolute atomic E-state index is 14.0. The van der Waals surface area contributed by atoms with E-state index in [9.17, 15) is 17.6 Å². The number of aromatic nitrogens is 1. The monoisotopic (exact) mass is 388 g/mol. The van der Waals surface area contributed by atoms with Crippen LogP contribution in [-0.4, -0.2) is 19.2 Å². The molecule has 0 saturated heterocycles. The highest BCUT2D eigenvalue weighted by Gasteiger charge is 2.13. The Kier molecular flexibility index (Phi) is 5.00. The van der Waals surface area contributed by atoms with Gasteiger partial charge in [-0.1, -0.05) is 12.1 Å². The first-order chi connectivity index (χ1) is 12.7. The Bertz CT molecular complexity index is 1160. The Hall–Kier alpha value is -3.13. The molecule has 1 heterocycles. The first-order valence-electron chi connectivity index (χ1n) is 7.94. The summed E-state index contributed by atoms with van der Waals surface area (Å²) in [5, 5.41) is 0. The van der Waals surface area contributed by atoms with Crippen LogP contribution in [0.5, 0.6) is 11.5 Å². The number of anilines is 1. The maximum atomic E-state index is 14.0. The third kappa shape index (κ3) is 4.53. The van der Waals surface area contributed by atoms with Gasteiger partial charge in [-0.25, -0.2) is 12.8 Å². The summed E-state index contributed by atoms with van der Waals surface area (Å²) in [7, 11) is -1.88. The molecule has 0 aliphatic rings. The van der Waals surface area contributed by atoms with Gasteiger partial charge in [0.25, 0.3) is 0 Å². The average Bonchev–Trinajstić information content (AvgIpc) is 2.59. The van der Waals surface area contributed by atoms with Crippen molar-refractivity contribution in [2.24, 2.45) is 7.05 Å². The summed E-state index contributed by atoms with van der Waals surface area (Å²) in [4.78, 5) is 11.7. The van der Waals surface area contributed by atoms with Crippen LogP contribution in [0, 0.1) is 5.82 Å². The van der Waals surface area contributed by atoms with E-state index in [1.165, 1.54) is 28.8 Å². The molecule has 8 heteroatoms. The molecule has 0 saturated carbocycles. The summed E-state index contributed by atoms with van der Waals surface area (Å²) in [5.41, 5.74) is 1.24. The summed E-state index contributed by atoms with van der Waals surface area (Å²) in [6.45, 7) is 0. The molecule has 0 fully saturated rings. The second kappa shape index (κ2) is 7.24. The van der Waals surface area contributed by atoms with Crippen LogP contribution in [0.25, 0.3) is 11.1 Å². The van der Waals surface area contributed by atoms with Crippen LogP contribution in [0.1, 0.15) is 0 Å². The van der Waals surface area contributed by atoms with E-state index in [2.05, 4.69) is 4.72 Å². The predicted molar refractivity (Wildman–Crippen MR) is 102 cm³/mol. The van der Waals surface area contributed by atoms with Crippen LogP contribution in [-0.2, 0) is 17.1 Å². The molecule has 0 atom stereocenters. The number of sulfonamides is 1. The van der Waals surface area contributed by atoms with E-state index in [4.69, 9.17) is 4.74 Å². The molecule has 2 aromatic carbocycles. The van der Waals surface area contributed by atoms with Crippen LogP contribution in [0.4, 0.5) is 10.1 Å². The van der Waals surface area contributed by atoms with Gasteiger partial charge in [0.05, 0.1) is 6.26 Å². The number of ether oxygens (including phenoxy) is 1. The summed E-state index contributed by atoms with van der Waals surface area (Å²) in [5.74, 6) is -0.174. The van der Waals surface area contributed by atoms with E-state index in [0.29, 0.717) is 22.6 Å². The minimum Gasteiger partial charge on any atom is -0.454 e. The van der Waals surface area contributed by atoms with Crippen molar-refractivity contribution in [2.45, 2.75) is 0 Å². The quantitative estimate of drug-likeness (QED) is 0.727. The number of benzene rings is 2. The fourth-order valence-electron chi connectivity index (χ4n) is 2.52. The molecule has 27 heavy (non-hydrogen) atoms. The first kappa shape index (κ1) is 18.7. The molecule has 0 bridgehead atoms. The van der Waals surface area contributed by atoms with Gasteiger partial charge in [-0.2, -0.15) is 0 Å². The lowest BCUT2D eigenvalue weighted by molar-refractivity contribution is 0.443. The molecule has 0 aliphatic heterocycles. The molecule has 0 radical (unpaired) electrons. The lowest BCUT2D eigenvalue weighted by Gasteiger charge is -2.14. The SMILES string of the molecule is Cn1cc(-c2cc(NS(C)(=O)=O)ccc2Oc2ccccc2F)ccc1=O. The van der Waals surface area contributed by atoms with E-state index in [-0.39, 0.29) is 11.3 Å². The highest BCUT2D eigenvalue weighted by Crippen LogP contribution is 2.36. The van der Waals surface area contributed by atoms with Gasteiger partial charge in [0.15, 0.2) is 11.6 Å². The van der Waals surface area contributed by atoms with Crippen LogP contribution in [0.3, 0.4) is 0 Å². The van der Waals surface area contributed by atoms with Gasteiger partial charge in [0.1, 0.15) is 5.75 Å². The summed E-state index contributed by atoms with van der Waals surface area (Å²) in [6, 6.07) is 13.6. The van der Waals surface area contributed by atoms with Crippen molar-refractivity contribution in [2.75, 3.05) is 11.0 Å². The molecule has 140 valence electrons. The lowest BCUT2D eigenvalue weighted by atomic mass is 10.1. The number of hydrogen-bond acceptors (Lipinski definition) is 4. The predicted octanol–water partition coefficient (Wildman–Crippen LogP) is 3.36. The zero-order chi connectivity index (χ0) is 19.6. The highest BCUT2D eigenvalue weighted by molar-refractivity contribution is 7.92. The third-order valence-electron chi connectivity index (χ3n) is 3.74. The molecule has 0 aliphatic carbocycles. The number of aryl methyl sites for hydroxylation is 1. The van der Waals surface area contributed by atoms with E-state index in [0.717, 1.165) is 6.26 Å². The molecule has 3 rings (SSSR count). The second-order valence-electron chi connectivity index (χ2n) is 5.98.